The first-order valence-electron chi connectivity index (χ1n) is 5.61. The molecule has 1 N–H and O–H groups in total. The van der Waals surface area contributed by atoms with Gasteiger partial charge in [0.1, 0.15) is 6.61 Å². The number of nitrogens with one attached hydrogen (secondary N) is 1. The first-order chi connectivity index (χ1) is 8.54. The molecule has 0 atom stereocenters. The molecule has 1 aliphatic heterocycles. The highest BCUT2D eigenvalue weighted by Gasteiger charge is 2.18. The maximum Gasteiger partial charge on any atom is 0.303 e. The van der Waals surface area contributed by atoms with Crippen molar-refractivity contribution >= 4 is 23.3 Å². The van der Waals surface area contributed by atoms with Gasteiger partial charge in [-0.2, -0.15) is 0 Å². The molecule has 0 aromatic heterocycles. The lowest BCUT2D eigenvalue weighted by Gasteiger charge is -2.04. The monoisotopic (exact) mass is 247 g/mol. The first-order valence-corrected chi connectivity index (χ1v) is 5.61. The van der Waals surface area contributed by atoms with E-state index in [1.807, 2.05) is 6.07 Å². The van der Waals surface area contributed by atoms with Crippen molar-refractivity contribution in [1.82, 2.24) is 0 Å². The lowest BCUT2D eigenvalue weighted by Crippen LogP contribution is -2.13. The topological polar surface area (TPSA) is 72.5 Å². The van der Waals surface area contributed by atoms with Crippen molar-refractivity contribution in [3.63, 3.8) is 0 Å². The average Bonchev–Trinajstić information content (AvgIpc) is 2.66. The van der Waals surface area contributed by atoms with E-state index < -0.39 is 5.97 Å². The normalized spacial score (nSPS) is 12.8. The third-order valence-electron chi connectivity index (χ3n) is 2.63. The van der Waals surface area contributed by atoms with E-state index in [2.05, 4.69) is 10.1 Å². The number of rotatable bonds is 4. The van der Waals surface area contributed by atoms with Crippen LogP contribution in [0.4, 0.5) is 5.69 Å². The zero-order chi connectivity index (χ0) is 13.1. The molecule has 1 aromatic carbocycles. The average molecular weight is 247 g/mol. The molecule has 0 spiro atoms. The number of ether oxygens (including phenoxy) is 1. The number of carbonyl (C=O) groups is 3. The second kappa shape index (κ2) is 5.00. The van der Waals surface area contributed by atoms with E-state index in [-0.39, 0.29) is 24.7 Å². The summed E-state index contributed by atoms with van der Waals surface area (Å²) < 4.78 is 4.63. The van der Waals surface area contributed by atoms with Crippen LogP contribution in [0, 0.1) is 0 Å². The minimum atomic E-state index is -0.466. The van der Waals surface area contributed by atoms with Gasteiger partial charge < -0.3 is 10.1 Å². The van der Waals surface area contributed by atoms with Crippen LogP contribution in [0.3, 0.4) is 0 Å². The summed E-state index contributed by atoms with van der Waals surface area (Å²) in [6, 6.07) is 5.41. The fourth-order valence-corrected chi connectivity index (χ4v) is 1.85. The minimum absolute atomic E-state index is 0.0339. The van der Waals surface area contributed by atoms with Gasteiger partial charge in [-0.1, -0.05) is 12.1 Å². The van der Waals surface area contributed by atoms with Crippen LogP contribution in [-0.4, -0.2) is 24.3 Å². The Morgan fingerprint density at radius 3 is 2.89 bits per heavy atom. The van der Waals surface area contributed by atoms with Gasteiger partial charge in [0.05, 0.1) is 6.42 Å². The van der Waals surface area contributed by atoms with Gasteiger partial charge in [-0.3, -0.25) is 14.4 Å². The lowest BCUT2D eigenvalue weighted by atomic mass is 10.0. The number of hydrogen-bond acceptors (Lipinski definition) is 4. The zero-order valence-electron chi connectivity index (χ0n) is 9.99. The van der Waals surface area contributed by atoms with Gasteiger partial charge in [-0.05, 0) is 17.2 Å². The molecule has 0 radical (unpaired) electrons. The fraction of sp³-hybridized carbons (Fsp3) is 0.308. The van der Waals surface area contributed by atoms with Crippen LogP contribution in [0.5, 0.6) is 0 Å². The van der Waals surface area contributed by atoms with Crippen LogP contribution in [-0.2, 0) is 32.0 Å². The van der Waals surface area contributed by atoms with E-state index in [1.54, 1.807) is 12.1 Å². The van der Waals surface area contributed by atoms with Crippen molar-refractivity contribution in [2.45, 2.75) is 19.8 Å². The number of benzene rings is 1. The Balaban J connectivity index is 1.99. The number of amides is 1. The maximum atomic E-state index is 11.5. The minimum Gasteiger partial charge on any atom is -0.458 e. The van der Waals surface area contributed by atoms with Crippen LogP contribution in [0.1, 0.15) is 18.1 Å². The van der Waals surface area contributed by atoms with Gasteiger partial charge >= 0.3 is 5.97 Å². The Morgan fingerprint density at radius 2 is 2.17 bits per heavy atom. The molecule has 0 bridgehead atoms. The molecule has 0 aliphatic carbocycles. The predicted octanol–water partition coefficient (Wildman–Crippen LogP) is 0.856. The molecule has 18 heavy (non-hydrogen) atoms. The molecule has 1 amide bonds. The molecule has 94 valence electrons. The summed E-state index contributed by atoms with van der Waals surface area (Å²) in [6.45, 7) is 1.06. The molecule has 2 rings (SSSR count). The van der Waals surface area contributed by atoms with Crippen LogP contribution in [0.25, 0.3) is 0 Å². The van der Waals surface area contributed by atoms with E-state index >= 15 is 0 Å². The van der Waals surface area contributed by atoms with Crippen LogP contribution >= 0.6 is 0 Å². The highest BCUT2D eigenvalue weighted by molar-refractivity contribution is 5.99. The largest absolute Gasteiger partial charge is 0.458 e. The predicted molar refractivity (Wildman–Crippen MR) is 64.1 cm³/mol. The Morgan fingerprint density at radius 1 is 1.39 bits per heavy atom. The summed E-state index contributed by atoms with van der Waals surface area (Å²) in [4.78, 5) is 33.3. The van der Waals surface area contributed by atoms with Gasteiger partial charge in [-0.25, -0.2) is 0 Å². The molecule has 0 saturated carbocycles. The summed E-state index contributed by atoms with van der Waals surface area (Å²) in [5, 5.41) is 2.72. The van der Waals surface area contributed by atoms with Gasteiger partial charge in [0.2, 0.25) is 5.91 Å². The van der Waals surface area contributed by atoms with Crippen molar-refractivity contribution in [2.75, 3.05) is 11.9 Å². The van der Waals surface area contributed by atoms with Crippen molar-refractivity contribution in [2.24, 2.45) is 0 Å². The second-order valence-electron chi connectivity index (χ2n) is 4.21. The van der Waals surface area contributed by atoms with Crippen LogP contribution < -0.4 is 5.32 Å². The summed E-state index contributed by atoms with van der Waals surface area (Å²) in [7, 11) is 0. The number of ketones is 1. The van der Waals surface area contributed by atoms with Crippen molar-refractivity contribution < 1.29 is 19.1 Å². The molecule has 5 nitrogen and oxygen atoms in total. The van der Waals surface area contributed by atoms with Gasteiger partial charge in [0.15, 0.2) is 5.78 Å². The van der Waals surface area contributed by atoms with E-state index in [0.717, 1.165) is 16.8 Å². The highest BCUT2D eigenvalue weighted by atomic mass is 16.5. The Labute approximate surface area is 104 Å². The Hall–Kier alpha value is -2.17. The van der Waals surface area contributed by atoms with Crippen LogP contribution in [0.15, 0.2) is 18.2 Å². The molecule has 0 unspecified atom stereocenters. The molecular formula is C13H13NO4. The summed E-state index contributed by atoms with van der Waals surface area (Å²) in [5.74, 6) is -0.664. The Kier molecular flexibility index (Phi) is 3.41. The third kappa shape index (κ3) is 2.94. The van der Waals surface area contributed by atoms with Crippen LogP contribution in [0.2, 0.25) is 0 Å². The molecule has 1 aromatic rings. The maximum absolute atomic E-state index is 11.5. The third-order valence-corrected chi connectivity index (χ3v) is 2.63. The van der Waals surface area contributed by atoms with Gasteiger partial charge in [0.25, 0.3) is 0 Å². The number of fused-ring (bicyclic) bond motifs is 1. The van der Waals surface area contributed by atoms with E-state index in [9.17, 15) is 14.4 Å². The summed E-state index contributed by atoms with van der Waals surface area (Å²) >= 11 is 0. The number of Topliss-reactive ketones (excluding diaryl/α,β-unsaturated/α-hetero) is 1. The SMILES string of the molecule is CC(=O)OCC(=O)Cc1ccc2c(c1)CC(=O)N2. The van der Waals surface area contributed by atoms with E-state index in [1.165, 1.54) is 6.92 Å². The smallest absolute Gasteiger partial charge is 0.303 e. The standard InChI is InChI=1S/C13H13NO4/c1-8(15)18-7-11(16)5-9-2-3-12-10(4-9)6-13(17)14-12/h2-4H,5-7H2,1H3,(H,14,17). The lowest BCUT2D eigenvalue weighted by molar-refractivity contribution is -0.145. The second-order valence-corrected chi connectivity index (χ2v) is 4.21. The molecule has 5 heteroatoms. The Bertz CT molecular complexity index is 522. The molecule has 0 saturated heterocycles. The number of esters is 1. The van der Waals surface area contributed by atoms with Crippen molar-refractivity contribution in [1.29, 1.82) is 0 Å². The van der Waals surface area contributed by atoms with Crippen molar-refractivity contribution in [3.8, 4) is 0 Å². The molecule has 1 aliphatic rings. The fourth-order valence-electron chi connectivity index (χ4n) is 1.85. The molecule has 0 fully saturated rings. The first kappa shape index (κ1) is 12.3. The quantitative estimate of drug-likeness (QED) is 0.801. The number of hydrogen-bond donors (Lipinski definition) is 1. The number of anilines is 1. The van der Waals surface area contributed by atoms with E-state index in [4.69, 9.17) is 0 Å². The van der Waals surface area contributed by atoms with Gasteiger partial charge in [0, 0.05) is 19.0 Å². The number of carbonyl (C=O) groups excluding carboxylic acids is 3. The molecular weight excluding hydrogens is 234 g/mol. The molecule has 1 heterocycles. The van der Waals surface area contributed by atoms with E-state index in [0.29, 0.717) is 6.42 Å². The van der Waals surface area contributed by atoms with Gasteiger partial charge in [-0.15, -0.1) is 0 Å². The summed E-state index contributed by atoms with van der Waals surface area (Å²) in [6.07, 6.45) is 0.552. The summed E-state index contributed by atoms with van der Waals surface area (Å²) in [5.41, 5.74) is 2.52. The zero-order valence-corrected chi connectivity index (χ0v) is 9.99. The highest BCUT2D eigenvalue weighted by Crippen LogP contribution is 2.24. The van der Waals surface area contributed by atoms with Crippen molar-refractivity contribution in [3.05, 3.63) is 29.3 Å².